The Balaban J connectivity index is 1.51. The number of phenolic OH excluding ortho intramolecular Hbond substituents is 1. The van der Waals surface area contributed by atoms with Gasteiger partial charge in [0.25, 0.3) is 0 Å². The highest BCUT2D eigenvalue weighted by atomic mass is 16.5. The van der Waals surface area contributed by atoms with Crippen molar-refractivity contribution in [1.82, 2.24) is 0 Å². The fourth-order valence-electron chi connectivity index (χ4n) is 6.25. The molecule has 0 bridgehead atoms. The molecule has 0 aromatic heterocycles. The number of phenols is 1. The van der Waals surface area contributed by atoms with E-state index in [2.05, 4.69) is 19.9 Å². The number of aromatic hydroxyl groups is 1. The summed E-state index contributed by atoms with van der Waals surface area (Å²) in [6.45, 7) is 4.49. The van der Waals surface area contributed by atoms with Gasteiger partial charge in [-0.15, -0.1) is 0 Å². The van der Waals surface area contributed by atoms with Gasteiger partial charge in [0.1, 0.15) is 11.9 Å². The van der Waals surface area contributed by atoms with Crippen molar-refractivity contribution < 1.29 is 14.6 Å². The van der Waals surface area contributed by atoms with Crippen LogP contribution in [0.4, 0.5) is 0 Å². The largest absolute Gasteiger partial charge is 0.508 e. The number of benzene rings is 1. The second-order valence-corrected chi connectivity index (χ2v) is 9.00. The predicted octanol–water partition coefficient (Wildman–Crippen LogP) is 5.35. The van der Waals surface area contributed by atoms with Gasteiger partial charge in [-0.3, -0.25) is 4.79 Å². The highest BCUT2D eigenvalue weighted by molar-refractivity contribution is 5.69. The summed E-state index contributed by atoms with van der Waals surface area (Å²) >= 11 is 0. The lowest BCUT2D eigenvalue weighted by atomic mass is 9.55. The highest BCUT2D eigenvalue weighted by Gasteiger charge is 2.56. The Morgan fingerprint density at radius 3 is 2.92 bits per heavy atom. The Hall–Kier alpha value is -1.51. The minimum Gasteiger partial charge on any atom is -0.508 e. The van der Waals surface area contributed by atoms with Gasteiger partial charge < -0.3 is 9.84 Å². The van der Waals surface area contributed by atoms with E-state index >= 15 is 0 Å². The number of unbranched alkanes of at least 4 members (excludes halogenated alkanes) is 1. The first-order valence-corrected chi connectivity index (χ1v) is 10.5. The number of carbonyl (C=O) groups is 1. The Morgan fingerprint density at radius 2 is 2.12 bits per heavy atom. The van der Waals surface area contributed by atoms with Crippen LogP contribution < -0.4 is 0 Å². The van der Waals surface area contributed by atoms with E-state index in [1.165, 1.54) is 30.4 Å². The van der Waals surface area contributed by atoms with Crippen molar-refractivity contribution in [3.8, 4) is 5.75 Å². The molecule has 0 amide bonds. The quantitative estimate of drug-likeness (QED) is 0.740. The first-order chi connectivity index (χ1) is 12.5. The molecule has 0 saturated heterocycles. The molecule has 1 aromatic carbocycles. The van der Waals surface area contributed by atoms with Gasteiger partial charge in [-0.1, -0.05) is 26.3 Å². The molecule has 1 N–H and O–H groups in total. The van der Waals surface area contributed by atoms with Crippen molar-refractivity contribution in [2.75, 3.05) is 0 Å². The van der Waals surface area contributed by atoms with E-state index in [9.17, 15) is 9.90 Å². The summed E-state index contributed by atoms with van der Waals surface area (Å²) in [6, 6.07) is 5.97. The molecular weight excluding hydrogens is 324 g/mol. The van der Waals surface area contributed by atoms with E-state index in [0.29, 0.717) is 29.9 Å². The second kappa shape index (κ2) is 6.90. The summed E-state index contributed by atoms with van der Waals surface area (Å²) in [5, 5.41) is 9.81. The molecule has 1 aromatic rings. The number of hydrogen-bond donors (Lipinski definition) is 1. The Morgan fingerprint density at radius 1 is 1.27 bits per heavy atom. The van der Waals surface area contributed by atoms with Crippen LogP contribution in [-0.2, 0) is 16.0 Å². The average Bonchev–Trinajstić information content (AvgIpc) is 2.96. The summed E-state index contributed by atoms with van der Waals surface area (Å²) in [5.74, 6) is 2.37. The number of ether oxygens (including phenoxy) is 1. The van der Waals surface area contributed by atoms with Crippen LogP contribution in [0.25, 0.3) is 0 Å². The Labute approximate surface area is 157 Å². The third-order valence-corrected chi connectivity index (χ3v) is 7.63. The standard InChI is InChI=1S/C23H32O3/c1-3-4-5-22(25)26-21-11-10-20-19-8-6-15-14-16(24)7-9-17(15)18(19)12-13-23(20,21)2/h7,9,14,18-21,24H,3-6,8,10-13H2,1-2H3/t18-,19-,20+,21-,23+/m1/s1. The molecule has 142 valence electrons. The SMILES string of the molecule is CCCCC(=O)O[C@@H]1CC[C@H]2[C@@H]3CCc4cc(O)ccc4[C@H]3CC[C@]12C. The molecule has 5 atom stereocenters. The molecule has 0 aliphatic heterocycles. The summed E-state index contributed by atoms with van der Waals surface area (Å²) in [4.78, 5) is 12.2. The van der Waals surface area contributed by atoms with Crippen molar-refractivity contribution in [3.63, 3.8) is 0 Å². The van der Waals surface area contributed by atoms with Crippen molar-refractivity contribution in [1.29, 1.82) is 0 Å². The van der Waals surface area contributed by atoms with Crippen LogP contribution in [0.1, 0.15) is 82.3 Å². The van der Waals surface area contributed by atoms with Crippen molar-refractivity contribution >= 4 is 5.97 Å². The maximum Gasteiger partial charge on any atom is 0.306 e. The summed E-state index contributed by atoms with van der Waals surface area (Å²) in [6.07, 6.45) is 9.47. The summed E-state index contributed by atoms with van der Waals surface area (Å²) in [7, 11) is 0. The van der Waals surface area contributed by atoms with Crippen LogP contribution in [0.3, 0.4) is 0 Å². The molecule has 0 heterocycles. The molecule has 2 saturated carbocycles. The van der Waals surface area contributed by atoms with E-state index in [1.807, 2.05) is 12.1 Å². The number of aryl methyl sites for hydroxylation is 1. The highest BCUT2D eigenvalue weighted by Crippen LogP contribution is 2.61. The lowest BCUT2D eigenvalue weighted by Gasteiger charge is -2.50. The minimum atomic E-state index is 0.00492. The van der Waals surface area contributed by atoms with Gasteiger partial charge in [0.05, 0.1) is 0 Å². The van der Waals surface area contributed by atoms with Crippen LogP contribution in [0.2, 0.25) is 0 Å². The van der Waals surface area contributed by atoms with Gasteiger partial charge in [-0.2, -0.15) is 0 Å². The van der Waals surface area contributed by atoms with E-state index < -0.39 is 0 Å². The van der Waals surface area contributed by atoms with Crippen LogP contribution >= 0.6 is 0 Å². The molecule has 2 fully saturated rings. The van der Waals surface area contributed by atoms with Crippen LogP contribution in [0, 0.1) is 17.3 Å². The van der Waals surface area contributed by atoms with Crippen molar-refractivity contribution in [2.45, 2.75) is 83.7 Å². The third kappa shape index (κ3) is 2.93. The first kappa shape index (κ1) is 17.9. The Kier molecular flexibility index (Phi) is 4.75. The van der Waals surface area contributed by atoms with Gasteiger partial charge in [-0.25, -0.2) is 0 Å². The van der Waals surface area contributed by atoms with Crippen LogP contribution in [-0.4, -0.2) is 17.2 Å². The normalized spacial score (nSPS) is 35.3. The molecular formula is C23H32O3. The van der Waals surface area contributed by atoms with Crippen LogP contribution in [0.15, 0.2) is 18.2 Å². The zero-order valence-electron chi connectivity index (χ0n) is 16.2. The molecule has 4 rings (SSSR count). The summed E-state index contributed by atoms with van der Waals surface area (Å²) < 4.78 is 5.98. The molecule has 3 aliphatic rings. The number of fused-ring (bicyclic) bond motifs is 5. The second-order valence-electron chi connectivity index (χ2n) is 9.00. The number of rotatable bonds is 4. The molecule has 0 unspecified atom stereocenters. The Bertz CT molecular complexity index is 682. The van der Waals surface area contributed by atoms with Crippen molar-refractivity contribution in [3.05, 3.63) is 29.3 Å². The molecule has 0 radical (unpaired) electrons. The monoisotopic (exact) mass is 356 g/mol. The lowest BCUT2D eigenvalue weighted by molar-refractivity contribution is -0.157. The lowest BCUT2D eigenvalue weighted by Crippen LogP contribution is -2.45. The molecule has 3 aliphatic carbocycles. The molecule has 26 heavy (non-hydrogen) atoms. The number of carbonyl (C=O) groups excluding carboxylic acids is 1. The van der Waals surface area contributed by atoms with E-state index in [1.54, 1.807) is 0 Å². The zero-order chi connectivity index (χ0) is 18.3. The average molecular weight is 357 g/mol. The predicted molar refractivity (Wildman–Crippen MR) is 102 cm³/mol. The number of hydrogen-bond acceptors (Lipinski definition) is 3. The first-order valence-electron chi connectivity index (χ1n) is 10.5. The smallest absolute Gasteiger partial charge is 0.306 e. The minimum absolute atomic E-state index is 0.00492. The van der Waals surface area contributed by atoms with Gasteiger partial charge in [-0.05, 0) is 86.0 Å². The topological polar surface area (TPSA) is 46.5 Å². The van der Waals surface area contributed by atoms with Gasteiger partial charge in [0.15, 0.2) is 0 Å². The van der Waals surface area contributed by atoms with Crippen molar-refractivity contribution in [2.24, 2.45) is 17.3 Å². The molecule has 0 spiro atoms. The van der Waals surface area contributed by atoms with Gasteiger partial charge >= 0.3 is 5.97 Å². The van der Waals surface area contributed by atoms with E-state index in [0.717, 1.165) is 32.1 Å². The number of esters is 1. The maximum absolute atomic E-state index is 12.2. The van der Waals surface area contributed by atoms with Crippen LogP contribution in [0.5, 0.6) is 5.75 Å². The fourth-order valence-corrected chi connectivity index (χ4v) is 6.25. The molecule has 3 heteroatoms. The van der Waals surface area contributed by atoms with E-state index in [-0.39, 0.29) is 17.5 Å². The zero-order valence-corrected chi connectivity index (χ0v) is 16.2. The maximum atomic E-state index is 12.2. The summed E-state index contributed by atoms with van der Waals surface area (Å²) in [5.41, 5.74) is 2.96. The molecule has 3 nitrogen and oxygen atoms in total. The van der Waals surface area contributed by atoms with E-state index in [4.69, 9.17) is 4.74 Å². The van der Waals surface area contributed by atoms with Gasteiger partial charge in [0, 0.05) is 11.8 Å². The third-order valence-electron chi connectivity index (χ3n) is 7.63. The van der Waals surface area contributed by atoms with Gasteiger partial charge in [0.2, 0.25) is 0 Å². The fraction of sp³-hybridized carbons (Fsp3) is 0.696.